The first kappa shape index (κ1) is 8.02. The molecule has 11 heavy (non-hydrogen) atoms. The first-order valence-electron chi connectivity index (χ1n) is 3.19. The number of aryl methyl sites for hydroxylation is 1. The molecule has 1 aromatic heterocycles. The van der Waals surface area contributed by atoms with Crippen LogP contribution in [-0.2, 0) is 0 Å². The van der Waals surface area contributed by atoms with Gasteiger partial charge in [0, 0.05) is 18.6 Å². The van der Waals surface area contributed by atoms with Gasteiger partial charge in [-0.05, 0) is 6.92 Å². The maximum Gasteiger partial charge on any atom is 0.205 e. The number of terminal acetylenes is 1. The molecule has 0 spiro atoms. The number of rotatable bonds is 2. The Kier molecular flexibility index (Phi) is 2.44. The lowest BCUT2D eigenvalue weighted by Gasteiger charge is -2.09. The quantitative estimate of drug-likeness (QED) is 0.613. The number of hydrogen-bond acceptors (Lipinski definition) is 4. The van der Waals surface area contributed by atoms with E-state index >= 15 is 0 Å². The summed E-state index contributed by atoms with van der Waals surface area (Å²) in [5.74, 6) is 3.34. The molecule has 1 heterocycles. The minimum absolute atomic E-state index is 0.578. The third-order valence-electron chi connectivity index (χ3n) is 1.17. The summed E-state index contributed by atoms with van der Waals surface area (Å²) in [4.78, 5) is 6.06. The molecule has 0 saturated heterocycles. The number of aromatic nitrogens is 2. The summed E-state index contributed by atoms with van der Waals surface area (Å²) in [6.07, 6.45) is 5.14. The standard InChI is InChI=1S/C7H9N3S/c1-4-5-10(3)7-8-6(2)9-11-7/h1H,5H2,2-3H3. The van der Waals surface area contributed by atoms with Crippen LogP contribution in [0.1, 0.15) is 5.82 Å². The average Bonchev–Trinajstić information content (AvgIpc) is 2.36. The smallest absolute Gasteiger partial charge is 0.205 e. The van der Waals surface area contributed by atoms with Gasteiger partial charge in [0.05, 0.1) is 6.54 Å². The Morgan fingerprint density at radius 2 is 2.45 bits per heavy atom. The molecule has 0 saturated carbocycles. The molecule has 0 aromatic carbocycles. The zero-order valence-electron chi connectivity index (χ0n) is 6.53. The van der Waals surface area contributed by atoms with Crippen LogP contribution in [0.4, 0.5) is 5.13 Å². The van der Waals surface area contributed by atoms with E-state index in [2.05, 4.69) is 15.3 Å². The molecule has 0 bridgehead atoms. The van der Waals surface area contributed by atoms with Gasteiger partial charge < -0.3 is 4.90 Å². The summed E-state index contributed by atoms with van der Waals surface area (Å²) >= 11 is 1.37. The van der Waals surface area contributed by atoms with Crippen molar-refractivity contribution >= 4 is 16.7 Å². The van der Waals surface area contributed by atoms with Gasteiger partial charge in [0.15, 0.2) is 0 Å². The molecule has 0 N–H and O–H groups in total. The molecule has 4 heteroatoms. The van der Waals surface area contributed by atoms with Crippen molar-refractivity contribution in [1.29, 1.82) is 0 Å². The van der Waals surface area contributed by atoms with Gasteiger partial charge in [-0.25, -0.2) is 4.98 Å². The van der Waals surface area contributed by atoms with E-state index in [1.54, 1.807) is 0 Å². The Labute approximate surface area is 70.2 Å². The second-order valence-corrected chi connectivity index (χ2v) is 2.91. The van der Waals surface area contributed by atoms with Gasteiger partial charge in [-0.3, -0.25) is 0 Å². The summed E-state index contributed by atoms with van der Waals surface area (Å²) in [6, 6.07) is 0. The van der Waals surface area contributed by atoms with E-state index in [1.165, 1.54) is 11.5 Å². The van der Waals surface area contributed by atoms with Gasteiger partial charge in [-0.15, -0.1) is 6.42 Å². The molecule has 0 aliphatic heterocycles. The van der Waals surface area contributed by atoms with Crippen molar-refractivity contribution < 1.29 is 0 Å². The Hall–Kier alpha value is -1.08. The SMILES string of the molecule is C#CCN(C)c1nc(C)ns1. The van der Waals surface area contributed by atoms with Crippen LogP contribution >= 0.6 is 11.5 Å². The molecular formula is C7H9N3S. The highest BCUT2D eigenvalue weighted by atomic mass is 32.1. The lowest BCUT2D eigenvalue weighted by atomic mass is 10.6. The number of nitrogens with zero attached hydrogens (tertiary/aromatic N) is 3. The highest BCUT2D eigenvalue weighted by molar-refractivity contribution is 7.09. The van der Waals surface area contributed by atoms with Crippen LogP contribution in [0.25, 0.3) is 0 Å². The van der Waals surface area contributed by atoms with Gasteiger partial charge in [0.2, 0.25) is 5.13 Å². The predicted molar refractivity (Wildman–Crippen MR) is 46.7 cm³/mol. The molecule has 0 unspecified atom stereocenters. The third-order valence-corrected chi connectivity index (χ3v) is 2.09. The maximum atomic E-state index is 5.14. The molecule has 0 fully saturated rings. The highest BCUT2D eigenvalue weighted by Gasteiger charge is 2.03. The van der Waals surface area contributed by atoms with Crippen LogP contribution in [0.5, 0.6) is 0 Å². The predicted octanol–water partition coefficient (Wildman–Crippen LogP) is 0.916. The monoisotopic (exact) mass is 167 g/mol. The molecule has 1 rings (SSSR count). The summed E-state index contributed by atoms with van der Waals surface area (Å²) in [5.41, 5.74) is 0. The lowest BCUT2D eigenvalue weighted by Crippen LogP contribution is -2.16. The van der Waals surface area contributed by atoms with E-state index in [1.807, 2.05) is 18.9 Å². The molecule has 0 amide bonds. The fourth-order valence-corrected chi connectivity index (χ4v) is 1.28. The van der Waals surface area contributed by atoms with Gasteiger partial charge in [-0.1, -0.05) is 5.92 Å². The number of anilines is 1. The molecule has 3 nitrogen and oxygen atoms in total. The van der Waals surface area contributed by atoms with Crippen LogP contribution in [-0.4, -0.2) is 22.9 Å². The van der Waals surface area contributed by atoms with Gasteiger partial charge in [0.1, 0.15) is 5.82 Å². The average molecular weight is 167 g/mol. The molecular weight excluding hydrogens is 158 g/mol. The van der Waals surface area contributed by atoms with Crippen molar-refractivity contribution in [2.75, 3.05) is 18.5 Å². The van der Waals surface area contributed by atoms with E-state index in [0.717, 1.165) is 11.0 Å². The minimum Gasteiger partial charge on any atom is -0.339 e. The zero-order chi connectivity index (χ0) is 8.27. The Balaban J connectivity index is 2.70. The van der Waals surface area contributed by atoms with E-state index in [9.17, 15) is 0 Å². The summed E-state index contributed by atoms with van der Waals surface area (Å²) < 4.78 is 4.04. The Morgan fingerprint density at radius 3 is 2.91 bits per heavy atom. The largest absolute Gasteiger partial charge is 0.339 e. The molecule has 1 aromatic rings. The second-order valence-electron chi connectivity index (χ2n) is 2.18. The van der Waals surface area contributed by atoms with Crippen molar-refractivity contribution in [3.8, 4) is 12.3 Å². The van der Waals surface area contributed by atoms with Crippen molar-refractivity contribution in [2.24, 2.45) is 0 Å². The molecule has 0 aliphatic carbocycles. The zero-order valence-corrected chi connectivity index (χ0v) is 7.35. The van der Waals surface area contributed by atoms with Crippen molar-refractivity contribution in [1.82, 2.24) is 9.36 Å². The molecule has 0 atom stereocenters. The molecule has 0 aliphatic rings. The van der Waals surface area contributed by atoms with Crippen molar-refractivity contribution in [3.05, 3.63) is 5.82 Å². The van der Waals surface area contributed by atoms with E-state index in [4.69, 9.17) is 6.42 Å². The van der Waals surface area contributed by atoms with Crippen LogP contribution < -0.4 is 4.90 Å². The van der Waals surface area contributed by atoms with Gasteiger partial charge >= 0.3 is 0 Å². The summed E-state index contributed by atoms with van der Waals surface area (Å²) in [5, 5.41) is 0.875. The Morgan fingerprint density at radius 1 is 1.73 bits per heavy atom. The van der Waals surface area contributed by atoms with Crippen LogP contribution in [0, 0.1) is 19.3 Å². The van der Waals surface area contributed by atoms with Gasteiger partial charge in [0.25, 0.3) is 0 Å². The fourth-order valence-electron chi connectivity index (χ4n) is 0.646. The lowest BCUT2D eigenvalue weighted by molar-refractivity contribution is 1.02. The van der Waals surface area contributed by atoms with E-state index in [-0.39, 0.29) is 0 Å². The van der Waals surface area contributed by atoms with Crippen LogP contribution in [0.15, 0.2) is 0 Å². The molecule has 58 valence electrons. The van der Waals surface area contributed by atoms with Crippen molar-refractivity contribution in [3.63, 3.8) is 0 Å². The van der Waals surface area contributed by atoms with E-state index in [0.29, 0.717) is 6.54 Å². The highest BCUT2D eigenvalue weighted by Crippen LogP contribution is 2.13. The normalized spacial score (nSPS) is 9.18. The number of hydrogen-bond donors (Lipinski definition) is 0. The maximum absolute atomic E-state index is 5.14. The first-order valence-corrected chi connectivity index (χ1v) is 3.96. The van der Waals surface area contributed by atoms with Crippen LogP contribution in [0.3, 0.4) is 0 Å². The Bertz CT molecular complexity index is 273. The third kappa shape index (κ3) is 1.92. The van der Waals surface area contributed by atoms with Crippen LogP contribution in [0.2, 0.25) is 0 Å². The minimum atomic E-state index is 0.578. The second kappa shape index (κ2) is 3.35. The molecule has 0 radical (unpaired) electrons. The topological polar surface area (TPSA) is 29.0 Å². The fraction of sp³-hybridized carbons (Fsp3) is 0.429. The van der Waals surface area contributed by atoms with Crippen molar-refractivity contribution in [2.45, 2.75) is 6.92 Å². The summed E-state index contributed by atoms with van der Waals surface area (Å²) in [7, 11) is 1.90. The van der Waals surface area contributed by atoms with Gasteiger partial charge in [-0.2, -0.15) is 4.37 Å². The summed E-state index contributed by atoms with van der Waals surface area (Å²) in [6.45, 7) is 2.44. The first-order chi connectivity index (χ1) is 5.24. The van der Waals surface area contributed by atoms with E-state index < -0.39 is 0 Å².